The molecular weight excluding hydrogens is 364 g/mol. The zero-order valence-corrected chi connectivity index (χ0v) is 14.0. The highest BCUT2D eigenvalue weighted by molar-refractivity contribution is 5.99. The molecule has 1 aromatic rings. The third kappa shape index (κ3) is 6.13. The summed E-state index contributed by atoms with van der Waals surface area (Å²) in [7, 11) is 0. The number of anilines is 1. The van der Waals surface area contributed by atoms with E-state index < -0.39 is 54.3 Å². The second-order valence-electron chi connectivity index (χ2n) is 5.97. The number of alkyl halides is 6. The van der Waals surface area contributed by atoms with Gasteiger partial charge in [-0.05, 0) is 19.9 Å². The van der Waals surface area contributed by atoms with Crippen molar-refractivity contribution in [2.75, 3.05) is 18.5 Å². The molecule has 4 nitrogen and oxygen atoms in total. The first-order valence-corrected chi connectivity index (χ1v) is 7.36. The number of hydrogen-bond donors (Lipinski definition) is 2. The van der Waals surface area contributed by atoms with Gasteiger partial charge >= 0.3 is 12.1 Å². The minimum absolute atomic E-state index is 0.349. The fraction of sp³-hybridized carbons (Fsp3) is 0.500. The first-order valence-electron chi connectivity index (χ1n) is 7.36. The van der Waals surface area contributed by atoms with Crippen LogP contribution in [0.1, 0.15) is 36.2 Å². The van der Waals surface area contributed by atoms with Crippen LogP contribution in [0, 0.1) is 12.3 Å². The fourth-order valence-electron chi connectivity index (χ4n) is 1.77. The van der Waals surface area contributed by atoms with Crippen molar-refractivity contribution in [3.05, 3.63) is 23.4 Å². The van der Waals surface area contributed by atoms with E-state index in [1.54, 1.807) is 0 Å². The second kappa shape index (κ2) is 7.85. The van der Waals surface area contributed by atoms with Gasteiger partial charge in [-0.25, -0.2) is 9.37 Å². The third-order valence-corrected chi connectivity index (χ3v) is 3.21. The predicted octanol–water partition coefficient (Wildman–Crippen LogP) is 3.65. The van der Waals surface area contributed by atoms with Gasteiger partial charge in [0, 0.05) is 18.3 Å². The zero-order valence-electron chi connectivity index (χ0n) is 14.0. The summed E-state index contributed by atoms with van der Waals surface area (Å²) < 4.78 is 76.3. The first kappa shape index (κ1) is 21.6. The average Bonchev–Trinajstić information content (AvgIpc) is 2.53. The number of hydrogen-bond acceptors (Lipinski definition) is 3. The Balaban J connectivity index is 3.20. The van der Waals surface area contributed by atoms with E-state index in [9.17, 15) is 31.1 Å². The minimum atomic E-state index is -4.46. The Morgan fingerprint density at radius 2 is 1.88 bits per heavy atom. The number of carbonyl (C=O) groups is 1. The van der Waals surface area contributed by atoms with Crippen LogP contribution in [0.5, 0.6) is 0 Å². The summed E-state index contributed by atoms with van der Waals surface area (Å²) in [6.07, 6.45) is 0.140. The molecule has 0 fully saturated rings. The Morgan fingerprint density at radius 1 is 1.27 bits per heavy atom. The van der Waals surface area contributed by atoms with Crippen molar-refractivity contribution in [3.63, 3.8) is 0 Å². The SMILES string of the molecule is C#CC(C)(C)NC(=O)c1cc(C(F)(F)CF)cnc1NCCC(F)(F)F. The first-order chi connectivity index (χ1) is 11.8. The number of nitrogens with one attached hydrogen (secondary N) is 2. The molecule has 10 heteroatoms. The number of aromatic nitrogens is 1. The quantitative estimate of drug-likeness (QED) is 0.560. The Morgan fingerprint density at radius 3 is 2.38 bits per heavy atom. The largest absolute Gasteiger partial charge is 0.390 e. The Labute approximate surface area is 146 Å². The van der Waals surface area contributed by atoms with Gasteiger partial charge in [0.25, 0.3) is 5.91 Å². The molecule has 0 radical (unpaired) electrons. The zero-order chi connectivity index (χ0) is 20.2. The van der Waals surface area contributed by atoms with E-state index >= 15 is 0 Å². The number of nitrogens with zero attached hydrogens (tertiary/aromatic N) is 1. The molecule has 0 aliphatic carbocycles. The van der Waals surface area contributed by atoms with Crippen molar-refractivity contribution in [3.8, 4) is 12.3 Å². The van der Waals surface area contributed by atoms with Crippen molar-refractivity contribution in [2.45, 2.75) is 37.9 Å². The maximum atomic E-state index is 13.5. The second-order valence-corrected chi connectivity index (χ2v) is 5.97. The average molecular weight is 381 g/mol. The summed E-state index contributed by atoms with van der Waals surface area (Å²) in [5, 5.41) is 4.62. The highest BCUT2D eigenvalue weighted by Gasteiger charge is 2.34. The van der Waals surface area contributed by atoms with Crippen LogP contribution in [0.15, 0.2) is 12.3 Å². The number of halogens is 6. The van der Waals surface area contributed by atoms with Gasteiger partial charge in [-0.3, -0.25) is 4.79 Å². The van der Waals surface area contributed by atoms with Gasteiger partial charge in [-0.1, -0.05) is 5.92 Å². The molecule has 0 saturated carbocycles. The van der Waals surface area contributed by atoms with Gasteiger partial charge in [0.1, 0.15) is 5.82 Å². The van der Waals surface area contributed by atoms with Crippen LogP contribution in [0.25, 0.3) is 0 Å². The standard InChI is InChI=1S/C16H17F6N3O/c1-4-14(2,3)25-13(26)11-7-10(15(18,19)9-17)8-24-12(11)23-6-5-16(20,21)22/h1,7-8H,5-6,9H2,2-3H3,(H,23,24)(H,25,26). The van der Waals surface area contributed by atoms with Crippen molar-refractivity contribution in [2.24, 2.45) is 0 Å². The highest BCUT2D eigenvalue weighted by Crippen LogP contribution is 2.30. The van der Waals surface area contributed by atoms with E-state index in [1.807, 2.05) is 0 Å². The molecule has 1 heterocycles. The Kier molecular flexibility index (Phi) is 6.52. The van der Waals surface area contributed by atoms with Crippen molar-refractivity contribution >= 4 is 11.7 Å². The Hall–Kier alpha value is -2.44. The van der Waals surface area contributed by atoms with Gasteiger partial charge < -0.3 is 10.6 Å². The topological polar surface area (TPSA) is 54.0 Å². The number of carbonyl (C=O) groups excluding carboxylic acids is 1. The minimum Gasteiger partial charge on any atom is -0.369 e. The van der Waals surface area contributed by atoms with E-state index in [0.717, 1.165) is 0 Å². The van der Waals surface area contributed by atoms with Crippen LogP contribution >= 0.6 is 0 Å². The summed E-state index contributed by atoms with van der Waals surface area (Å²) in [6, 6.07) is 0.671. The number of amides is 1. The number of terminal acetylenes is 1. The number of pyridine rings is 1. The molecule has 1 aromatic heterocycles. The molecule has 144 valence electrons. The van der Waals surface area contributed by atoms with Crippen LogP contribution in [0.4, 0.5) is 32.2 Å². The van der Waals surface area contributed by atoms with E-state index in [2.05, 4.69) is 21.5 Å². The molecule has 0 aliphatic rings. The number of rotatable bonds is 7. The molecule has 0 bridgehead atoms. The van der Waals surface area contributed by atoms with E-state index in [1.165, 1.54) is 13.8 Å². The van der Waals surface area contributed by atoms with Gasteiger partial charge in [0.15, 0.2) is 6.67 Å². The molecule has 2 N–H and O–H groups in total. The molecule has 0 spiro atoms. The Bertz CT molecular complexity index is 694. The summed E-state index contributed by atoms with van der Waals surface area (Å²) in [5.41, 5.74) is -2.51. The van der Waals surface area contributed by atoms with Crippen LogP contribution < -0.4 is 10.6 Å². The lowest BCUT2D eigenvalue weighted by atomic mass is 10.0. The maximum Gasteiger partial charge on any atom is 0.390 e. The van der Waals surface area contributed by atoms with Crippen LogP contribution in [0.3, 0.4) is 0 Å². The molecule has 1 rings (SSSR count). The summed E-state index contributed by atoms with van der Waals surface area (Å²) >= 11 is 0. The van der Waals surface area contributed by atoms with Gasteiger partial charge in [-0.15, -0.1) is 6.42 Å². The molecule has 1 amide bonds. The summed E-state index contributed by atoms with van der Waals surface area (Å²) in [5.74, 6) is -2.93. The molecular formula is C16H17F6N3O. The molecule has 0 saturated heterocycles. The van der Waals surface area contributed by atoms with Crippen molar-refractivity contribution in [1.29, 1.82) is 0 Å². The van der Waals surface area contributed by atoms with E-state index in [4.69, 9.17) is 6.42 Å². The predicted molar refractivity (Wildman–Crippen MR) is 83.6 cm³/mol. The van der Waals surface area contributed by atoms with Crippen LogP contribution in [-0.4, -0.2) is 35.8 Å². The van der Waals surface area contributed by atoms with Gasteiger partial charge in [0.05, 0.1) is 17.5 Å². The maximum absolute atomic E-state index is 13.5. The lowest BCUT2D eigenvalue weighted by Crippen LogP contribution is -2.42. The van der Waals surface area contributed by atoms with E-state index in [-0.39, 0.29) is 5.82 Å². The van der Waals surface area contributed by atoms with E-state index in [0.29, 0.717) is 12.3 Å². The van der Waals surface area contributed by atoms with Gasteiger partial charge in [-0.2, -0.15) is 22.0 Å². The fourth-order valence-corrected chi connectivity index (χ4v) is 1.77. The molecule has 0 aliphatic heterocycles. The lowest BCUT2D eigenvalue weighted by molar-refractivity contribution is -0.131. The van der Waals surface area contributed by atoms with Gasteiger partial charge in [0.2, 0.25) is 0 Å². The van der Waals surface area contributed by atoms with Crippen molar-refractivity contribution < 1.29 is 31.1 Å². The summed E-state index contributed by atoms with van der Waals surface area (Å²) in [4.78, 5) is 15.9. The smallest absolute Gasteiger partial charge is 0.369 e. The van der Waals surface area contributed by atoms with Crippen LogP contribution in [-0.2, 0) is 5.92 Å². The lowest BCUT2D eigenvalue weighted by Gasteiger charge is -2.22. The molecule has 26 heavy (non-hydrogen) atoms. The molecule has 0 atom stereocenters. The monoisotopic (exact) mass is 381 g/mol. The highest BCUT2D eigenvalue weighted by atomic mass is 19.4. The van der Waals surface area contributed by atoms with Crippen molar-refractivity contribution in [1.82, 2.24) is 10.3 Å². The third-order valence-electron chi connectivity index (χ3n) is 3.21. The normalized spacial score (nSPS) is 12.4. The molecule has 0 aromatic carbocycles. The molecule has 0 unspecified atom stereocenters. The summed E-state index contributed by atoms with van der Waals surface area (Å²) in [6.45, 7) is 0.255. The van der Waals surface area contributed by atoms with Crippen LogP contribution in [0.2, 0.25) is 0 Å².